The van der Waals surface area contributed by atoms with Crippen LogP contribution in [-0.2, 0) is 0 Å². The van der Waals surface area contributed by atoms with Crippen LogP contribution in [0.25, 0.3) is 0 Å². The van der Waals surface area contributed by atoms with Crippen molar-refractivity contribution in [2.45, 2.75) is 6.04 Å². The van der Waals surface area contributed by atoms with Gasteiger partial charge in [-0.15, -0.1) is 11.3 Å². The molecule has 0 radical (unpaired) electrons. The van der Waals surface area contributed by atoms with Crippen LogP contribution in [-0.4, -0.2) is 14.2 Å². The van der Waals surface area contributed by atoms with Crippen LogP contribution in [0.4, 0.5) is 0 Å². The third kappa shape index (κ3) is 3.22. The molecule has 7 heteroatoms. The van der Waals surface area contributed by atoms with E-state index in [1.165, 1.54) is 0 Å². The third-order valence-electron chi connectivity index (χ3n) is 2.81. The van der Waals surface area contributed by atoms with E-state index < -0.39 is 0 Å². The summed E-state index contributed by atoms with van der Waals surface area (Å²) in [7, 11) is 3.25. The minimum atomic E-state index is -0.278. The Bertz CT molecular complexity index is 611. The van der Waals surface area contributed by atoms with Crippen molar-refractivity contribution >= 4 is 59.1 Å². The Labute approximate surface area is 146 Å². The van der Waals surface area contributed by atoms with E-state index in [4.69, 9.17) is 15.2 Å². The van der Waals surface area contributed by atoms with E-state index in [9.17, 15) is 0 Å². The van der Waals surface area contributed by atoms with E-state index >= 15 is 0 Å². The van der Waals surface area contributed by atoms with Gasteiger partial charge in [0, 0.05) is 14.9 Å². The lowest BCUT2D eigenvalue weighted by molar-refractivity contribution is 0.395. The summed E-state index contributed by atoms with van der Waals surface area (Å²) in [4.78, 5) is 1.03. The Morgan fingerprint density at radius 2 is 1.65 bits per heavy atom. The minimum Gasteiger partial charge on any atom is -0.496 e. The monoisotopic (exact) mass is 483 g/mol. The van der Waals surface area contributed by atoms with Crippen molar-refractivity contribution in [3.63, 3.8) is 0 Å². The maximum absolute atomic E-state index is 6.37. The Kier molecular flexibility index (Phi) is 5.53. The predicted molar refractivity (Wildman–Crippen MR) is 93.0 cm³/mol. The molecule has 0 spiro atoms. The fourth-order valence-corrected chi connectivity index (χ4v) is 4.39. The maximum atomic E-state index is 6.37. The first-order valence-electron chi connectivity index (χ1n) is 5.59. The average Bonchev–Trinajstić information content (AvgIpc) is 2.77. The summed E-state index contributed by atoms with van der Waals surface area (Å²) < 4.78 is 13.6. The molecule has 2 N–H and O–H groups in total. The summed E-state index contributed by atoms with van der Waals surface area (Å²) in [5.41, 5.74) is 7.25. The first-order valence-corrected chi connectivity index (χ1v) is 8.79. The molecule has 0 aliphatic heterocycles. The first-order chi connectivity index (χ1) is 9.47. The van der Waals surface area contributed by atoms with Crippen molar-refractivity contribution in [3.8, 4) is 11.5 Å². The summed E-state index contributed by atoms with van der Waals surface area (Å²) in [5.74, 6) is 1.46. The van der Waals surface area contributed by atoms with Crippen LogP contribution in [0.3, 0.4) is 0 Å². The number of rotatable bonds is 4. The highest BCUT2D eigenvalue weighted by Gasteiger charge is 2.20. The quantitative estimate of drug-likeness (QED) is 0.655. The van der Waals surface area contributed by atoms with Crippen LogP contribution in [0.2, 0.25) is 0 Å². The Morgan fingerprint density at radius 3 is 2.15 bits per heavy atom. The van der Waals surface area contributed by atoms with Gasteiger partial charge in [0.2, 0.25) is 0 Å². The first kappa shape index (κ1) is 16.3. The van der Waals surface area contributed by atoms with E-state index in [2.05, 4.69) is 47.8 Å². The van der Waals surface area contributed by atoms with Gasteiger partial charge in [0.05, 0.1) is 28.5 Å². The molecule has 0 aliphatic carbocycles. The van der Waals surface area contributed by atoms with Gasteiger partial charge in [-0.25, -0.2) is 0 Å². The van der Waals surface area contributed by atoms with Gasteiger partial charge in [-0.2, -0.15) is 0 Å². The molecule has 0 fully saturated rings. The summed E-state index contributed by atoms with van der Waals surface area (Å²) in [6.45, 7) is 0. The summed E-state index contributed by atoms with van der Waals surface area (Å²) in [6.07, 6.45) is 0. The van der Waals surface area contributed by atoms with Crippen molar-refractivity contribution < 1.29 is 9.47 Å². The van der Waals surface area contributed by atoms with Crippen LogP contribution in [0, 0.1) is 0 Å². The zero-order valence-electron chi connectivity index (χ0n) is 10.7. The van der Waals surface area contributed by atoms with E-state index in [0.717, 1.165) is 34.7 Å². The average molecular weight is 486 g/mol. The SMILES string of the molecule is COc1cc(C(N)c2cc(Br)c(Br)s2)c(OC)cc1Br. The Balaban J connectivity index is 2.49. The molecule has 20 heavy (non-hydrogen) atoms. The molecule has 1 atom stereocenters. The molecular weight excluding hydrogens is 474 g/mol. The molecule has 0 amide bonds. The number of thiophene rings is 1. The molecule has 1 aromatic heterocycles. The van der Waals surface area contributed by atoms with Gasteiger partial charge in [0.15, 0.2) is 0 Å². The highest BCUT2D eigenvalue weighted by molar-refractivity contribution is 9.13. The number of hydrogen-bond acceptors (Lipinski definition) is 4. The number of hydrogen-bond donors (Lipinski definition) is 1. The summed E-state index contributed by atoms with van der Waals surface area (Å²) >= 11 is 12.0. The molecule has 3 nitrogen and oxygen atoms in total. The largest absolute Gasteiger partial charge is 0.496 e. The van der Waals surface area contributed by atoms with E-state index in [1.807, 2.05) is 18.2 Å². The Hall–Kier alpha value is -0.0800. The molecule has 2 rings (SSSR count). The van der Waals surface area contributed by atoms with Crippen molar-refractivity contribution in [3.05, 3.63) is 41.4 Å². The smallest absolute Gasteiger partial charge is 0.133 e. The second-order valence-electron chi connectivity index (χ2n) is 3.98. The summed E-state index contributed by atoms with van der Waals surface area (Å²) in [5, 5.41) is 0. The predicted octanol–water partition coefficient (Wildman–Crippen LogP) is 5.10. The lowest BCUT2D eigenvalue weighted by Gasteiger charge is -2.16. The van der Waals surface area contributed by atoms with Crippen molar-refractivity contribution in [2.24, 2.45) is 5.73 Å². The van der Waals surface area contributed by atoms with Gasteiger partial charge in [-0.05, 0) is 66.0 Å². The highest BCUT2D eigenvalue weighted by atomic mass is 79.9. The molecular formula is C13H12Br3NO2S. The van der Waals surface area contributed by atoms with Crippen LogP contribution >= 0.6 is 59.1 Å². The van der Waals surface area contributed by atoms with Crippen LogP contribution in [0.15, 0.2) is 30.9 Å². The van der Waals surface area contributed by atoms with Gasteiger partial charge in [-0.3, -0.25) is 0 Å². The van der Waals surface area contributed by atoms with E-state index in [-0.39, 0.29) is 6.04 Å². The molecule has 108 valence electrons. The second kappa shape index (κ2) is 6.79. The lowest BCUT2D eigenvalue weighted by atomic mass is 10.0. The third-order valence-corrected chi connectivity index (χ3v) is 6.77. The molecule has 2 aromatic rings. The molecule has 0 saturated heterocycles. The minimum absolute atomic E-state index is 0.278. The Morgan fingerprint density at radius 1 is 1.00 bits per heavy atom. The zero-order chi connectivity index (χ0) is 14.9. The van der Waals surface area contributed by atoms with Gasteiger partial charge < -0.3 is 15.2 Å². The molecule has 1 unspecified atom stereocenters. The summed E-state index contributed by atoms with van der Waals surface area (Å²) in [6, 6.07) is 5.49. The molecule has 1 heterocycles. The van der Waals surface area contributed by atoms with Crippen LogP contribution in [0.1, 0.15) is 16.5 Å². The van der Waals surface area contributed by atoms with Crippen molar-refractivity contribution in [1.29, 1.82) is 0 Å². The highest BCUT2D eigenvalue weighted by Crippen LogP contribution is 2.41. The van der Waals surface area contributed by atoms with Gasteiger partial charge in [0.25, 0.3) is 0 Å². The molecule has 0 bridgehead atoms. The fourth-order valence-electron chi connectivity index (χ4n) is 1.80. The number of methoxy groups -OCH3 is 2. The van der Waals surface area contributed by atoms with E-state index in [1.54, 1.807) is 25.6 Å². The molecule has 0 aliphatic rings. The van der Waals surface area contributed by atoms with Crippen LogP contribution in [0.5, 0.6) is 11.5 Å². The number of ether oxygens (including phenoxy) is 2. The lowest BCUT2D eigenvalue weighted by Crippen LogP contribution is -2.12. The van der Waals surface area contributed by atoms with Crippen LogP contribution < -0.4 is 15.2 Å². The van der Waals surface area contributed by atoms with Crippen molar-refractivity contribution in [2.75, 3.05) is 14.2 Å². The molecule has 1 aromatic carbocycles. The van der Waals surface area contributed by atoms with Crippen molar-refractivity contribution in [1.82, 2.24) is 0 Å². The maximum Gasteiger partial charge on any atom is 0.133 e. The van der Waals surface area contributed by atoms with Gasteiger partial charge in [0.1, 0.15) is 11.5 Å². The van der Waals surface area contributed by atoms with E-state index in [0.29, 0.717) is 0 Å². The number of nitrogens with two attached hydrogens (primary N) is 1. The standard InChI is InChI=1S/C13H12Br3NO2S/c1-18-9-4-7(14)10(19-2)3-6(9)12(17)11-5-8(15)13(16)20-11/h3-5,12H,17H2,1-2H3. The van der Waals surface area contributed by atoms with Gasteiger partial charge in [-0.1, -0.05) is 0 Å². The number of benzene rings is 1. The topological polar surface area (TPSA) is 44.5 Å². The molecule has 0 saturated carbocycles. The normalized spacial score (nSPS) is 12.3. The zero-order valence-corrected chi connectivity index (χ0v) is 16.3. The number of halogens is 3. The second-order valence-corrected chi connectivity index (χ2v) is 8.09. The van der Waals surface area contributed by atoms with Gasteiger partial charge >= 0.3 is 0 Å². The fraction of sp³-hybridized carbons (Fsp3) is 0.231.